The van der Waals surface area contributed by atoms with Crippen LogP contribution in [0.5, 0.6) is 0 Å². The van der Waals surface area contributed by atoms with Gasteiger partial charge < -0.3 is 20.4 Å². The number of piperazine rings is 1. The van der Waals surface area contributed by atoms with Crippen LogP contribution in [-0.4, -0.2) is 87.5 Å². The molecule has 0 aliphatic carbocycles. The Kier molecular flexibility index (Phi) is 7.15. The molecule has 2 fully saturated rings. The number of amides is 2. The number of hydrogen-bond acceptors (Lipinski definition) is 7. The lowest BCUT2D eigenvalue weighted by Crippen LogP contribution is -2.45. The number of urea groups is 1. The fourth-order valence-corrected chi connectivity index (χ4v) is 4.89. The average molecular weight is 518 g/mol. The van der Waals surface area contributed by atoms with E-state index in [0.717, 1.165) is 44.6 Å². The Morgan fingerprint density at radius 1 is 1.08 bits per heavy atom. The molecular formula is C24H30F3N9O. The first-order valence-electron chi connectivity index (χ1n) is 12.4. The Hall–Kier alpha value is -3.45. The highest BCUT2D eigenvalue weighted by Gasteiger charge is 2.34. The molecule has 198 valence electrons. The smallest absolute Gasteiger partial charge is 0.353 e. The minimum Gasteiger partial charge on any atom is -0.353 e. The van der Waals surface area contributed by atoms with Crippen molar-refractivity contribution in [3.8, 4) is 0 Å². The molecule has 1 aromatic carbocycles. The van der Waals surface area contributed by atoms with Crippen molar-refractivity contribution in [1.82, 2.24) is 34.9 Å². The first-order chi connectivity index (χ1) is 17.8. The molecular weight excluding hydrogens is 487 g/mol. The van der Waals surface area contributed by atoms with E-state index in [-0.39, 0.29) is 23.8 Å². The van der Waals surface area contributed by atoms with Crippen LogP contribution in [0.1, 0.15) is 24.5 Å². The molecule has 1 unspecified atom stereocenters. The Morgan fingerprint density at radius 3 is 2.62 bits per heavy atom. The van der Waals surface area contributed by atoms with E-state index in [2.05, 4.69) is 37.8 Å². The second-order valence-electron chi connectivity index (χ2n) is 9.44. The summed E-state index contributed by atoms with van der Waals surface area (Å²) in [5, 5.41) is 17.7. The Balaban J connectivity index is 1.19. The Labute approximate surface area is 212 Å². The number of carbonyl (C=O) groups is 1. The summed E-state index contributed by atoms with van der Waals surface area (Å²) in [5.74, 6) is 0.735. The van der Waals surface area contributed by atoms with Crippen molar-refractivity contribution < 1.29 is 18.0 Å². The number of carbonyl (C=O) groups excluding carboxylic acids is 1. The third kappa shape index (κ3) is 5.93. The fraction of sp³-hybridized carbons (Fsp3) is 0.500. The summed E-state index contributed by atoms with van der Waals surface area (Å²) in [4.78, 5) is 19.0. The summed E-state index contributed by atoms with van der Waals surface area (Å²) >= 11 is 0. The van der Waals surface area contributed by atoms with Crippen molar-refractivity contribution in [3.63, 3.8) is 0 Å². The van der Waals surface area contributed by atoms with E-state index in [4.69, 9.17) is 0 Å². The van der Waals surface area contributed by atoms with Crippen molar-refractivity contribution in [2.75, 3.05) is 56.0 Å². The maximum atomic E-state index is 13.9. The van der Waals surface area contributed by atoms with Crippen LogP contribution in [0.2, 0.25) is 0 Å². The molecule has 2 N–H and O–H groups in total. The van der Waals surface area contributed by atoms with Crippen LogP contribution in [0, 0.1) is 0 Å². The molecule has 2 aliphatic rings. The second-order valence-corrected chi connectivity index (χ2v) is 9.44. The molecule has 0 bridgehead atoms. The largest absolute Gasteiger partial charge is 0.416 e. The third-order valence-electron chi connectivity index (χ3n) is 6.97. The van der Waals surface area contributed by atoms with Crippen LogP contribution in [0.3, 0.4) is 0 Å². The van der Waals surface area contributed by atoms with E-state index in [1.54, 1.807) is 4.52 Å². The number of fused-ring (bicyclic) bond motifs is 1. The predicted octanol–water partition coefficient (Wildman–Crippen LogP) is 2.68. The summed E-state index contributed by atoms with van der Waals surface area (Å²) in [6.45, 7) is 7.63. The predicted molar refractivity (Wildman–Crippen MR) is 132 cm³/mol. The summed E-state index contributed by atoms with van der Waals surface area (Å²) in [6, 6.07) is 6.98. The number of hydrogen-bond donors (Lipinski definition) is 2. The van der Waals surface area contributed by atoms with Gasteiger partial charge in [-0.3, -0.25) is 4.90 Å². The molecule has 2 amide bonds. The maximum absolute atomic E-state index is 13.9. The van der Waals surface area contributed by atoms with Crippen LogP contribution in [0.4, 0.5) is 29.5 Å². The van der Waals surface area contributed by atoms with Gasteiger partial charge in [-0.15, -0.1) is 15.3 Å². The van der Waals surface area contributed by atoms with Gasteiger partial charge in [0.2, 0.25) is 0 Å². The third-order valence-corrected chi connectivity index (χ3v) is 6.97. The van der Waals surface area contributed by atoms with Gasteiger partial charge in [0.25, 0.3) is 0 Å². The number of benzene rings is 1. The van der Waals surface area contributed by atoms with Crippen molar-refractivity contribution in [2.45, 2.75) is 32.1 Å². The summed E-state index contributed by atoms with van der Waals surface area (Å²) in [5.41, 5.74) is 0.248. The van der Waals surface area contributed by atoms with Gasteiger partial charge in [-0.1, -0.05) is 13.0 Å². The van der Waals surface area contributed by atoms with Crippen LogP contribution in [0.25, 0.3) is 5.65 Å². The number of nitrogens with zero attached hydrogens (tertiary/aromatic N) is 7. The molecule has 0 saturated carbocycles. The number of aromatic nitrogens is 4. The van der Waals surface area contributed by atoms with Gasteiger partial charge in [0.05, 0.1) is 5.56 Å². The molecule has 13 heteroatoms. The van der Waals surface area contributed by atoms with Gasteiger partial charge in [0.1, 0.15) is 12.1 Å². The van der Waals surface area contributed by atoms with Gasteiger partial charge in [-0.05, 0) is 42.8 Å². The number of rotatable bonds is 6. The lowest BCUT2D eigenvalue weighted by Gasteiger charge is -2.34. The van der Waals surface area contributed by atoms with E-state index >= 15 is 0 Å². The standard InChI is InChI=1S/C24H30F3N9O/c1-2-33-9-11-34(12-10-33)14-17-3-4-18(13-20(17)24(25,26)27)29-23(37)30-19-7-8-35(15-19)22-6-5-21-31-28-16-36(21)32-22/h3-6,13,16,19H,2,7-12,14-15H2,1H3,(H2,29,30,37). The number of anilines is 2. The molecule has 4 heterocycles. The average Bonchev–Trinajstić information content (AvgIpc) is 3.54. The van der Waals surface area contributed by atoms with Gasteiger partial charge in [-0.2, -0.15) is 17.7 Å². The van der Waals surface area contributed by atoms with Crippen molar-refractivity contribution >= 4 is 23.2 Å². The molecule has 5 rings (SSSR count). The van der Waals surface area contributed by atoms with Crippen LogP contribution in [0.15, 0.2) is 36.7 Å². The summed E-state index contributed by atoms with van der Waals surface area (Å²) in [7, 11) is 0. The highest BCUT2D eigenvalue weighted by atomic mass is 19.4. The van der Waals surface area contributed by atoms with E-state index in [1.165, 1.54) is 18.5 Å². The molecule has 37 heavy (non-hydrogen) atoms. The number of likely N-dealkylation sites (N-methyl/N-ethyl adjacent to an activating group) is 1. The normalized spacial score (nSPS) is 19.5. The highest BCUT2D eigenvalue weighted by Crippen LogP contribution is 2.34. The monoisotopic (exact) mass is 517 g/mol. The molecule has 2 aromatic heterocycles. The van der Waals surface area contributed by atoms with Gasteiger partial charge in [-0.25, -0.2) is 4.79 Å². The van der Waals surface area contributed by atoms with E-state index in [0.29, 0.717) is 25.2 Å². The van der Waals surface area contributed by atoms with Crippen LogP contribution >= 0.6 is 0 Å². The van der Waals surface area contributed by atoms with E-state index in [9.17, 15) is 18.0 Å². The zero-order valence-electron chi connectivity index (χ0n) is 20.6. The van der Waals surface area contributed by atoms with E-state index in [1.807, 2.05) is 21.9 Å². The SMILES string of the molecule is CCN1CCN(Cc2ccc(NC(=O)NC3CCN(c4ccc5nncn5n4)C3)cc2C(F)(F)F)CC1. The number of nitrogens with one attached hydrogen (secondary N) is 2. The minimum absolute atomic E-state index is 0.110. The summed E-state index contributed by atoms with van der Waals surface area (Å²) < 4.78 is 43.2. The Morgan fingerprint density at radius 2 is 1.86 bits per heavy atom. The first kappa shape index (κ1) is 25.2. The molecule has 3 aromatic rings. The van der Waals surface area contributed by atoms with Gasteiger partial charge >= 0.3 is 12.2 Å². The molecule has 10 nitrogen and oxygen atoms in total. The molecule has 2 saturated heterocycles. The van der Waals surface area contributed by atoms with Crippen molar-refractivity contribution in [3.05, 3.63) is 47.8 Å². The van der Waals surface area contributed by atoms with Gasteiger partial charge in [0, 0.05) is 57.5 Å². The zero-order chi connectivity index (χ0) is 26.0. The molecule has 1 atom stereocenters. The molecule has 2 aliphatic heterocycles. The lowest BCUT2D eigenvalue weighted by atomic mass is 10.0. The van der Waals surface area contributed by atoms with Crippen LogP contribution in [-0.2, 0) is 12.7 Å². The number of halogens is 3. The topological polar surface area (TPSA) is 93.9 Å². The van der Waals surface area contributed by atoms with Crippen molar-refractivity contribution in [1.29, 1.82) is 0 Å². The lowest BCUT2D eigenvalue weighted by molar-refractivity contribution is -0.138. The number of alkyl halides is 3. The first-order valence-corrected chi connectivity index (χ1v) is 12.4. The quantitative estimate of drug-likeness (QED) is 0.519. The summed E-state index contributed by atoms with van der Waals surface area (Å²) in [6.07, 6.45) is -2.31. The van der Waals surface area contributed by atoms with E-state index < -0.39 is 17.8 Å². The minimum atomic E-state index is -4.51. The van der Waals surface area contributed by atoms with Crippen molar-refractivity contribution in [2.24, 2.45) is 0 Å². The zero-order valence-corrected chi connectivity index (χ0v) is 20.6. The fourth-order valence-electron chi connectivity index (χ4n) is 4.89. The molecule has 0 spiro atoms. The highest BCUT2D eigenvalue weighted by molar-refractivity contribution is 5.89. The maximum Gasteiger partial charge on any atom is 0.416 e. The van der Waals surface area contributed by atoms with Gasteiger partial charge in [0.15, 0.2) is 5.65 Å². The molecule has 0 radical (unpaired) electrons. The second kappa shape index (κ2) is 10.5. The Bertz CT molecular complexity index is 1240. The van der Waals surface area contributed by atoms with Crippen LogP contribution < -0.4 is 15.5 Å².